The molecule has 5 unspecified atom stereocenters. The largest absolute Gasteiger partial charge is 0.462 e. The summed E-state index contributed by atoms with van der Waals surface area (Å²) >= 11 is 3.99. The van der Waals surface area contributed by atoms with E-state index < -0.39 is 0 Å². The third kappa shape index (κ3) is 3.33. The van der Waals surface area contributed by atoms with Gasteiger partial charge < -0.3 is 9.47 Å². The molecule has 4 rings (SSSR count). The topological polar surface area (TPSA) is 52.6 Å². The highest BCUT2D eigenvalue weighted by atomic mass is 32.2. The number of esters is 2. The summed E-state index contributed by atoms with van der Waals surface area (Å²) in [6, 6.07) is 0. The van der Waals surface area contributed by atoms with Crippen LogP contribution >= 0.6 is 23.5 Å². The molecule has 0 spiro atoms. The minimum Gasteiger partial charge on any atom is -0.462 e. The van der Waals surface area contributed by atoms with Crippen molar-refractivity contribution in [3.63, 3.8) is 0 Å². The number of ether oxygens (including phenoxy) is 2. The van der Waals surface area contributed by atoms with Crippen molar-refractivity contribution in [2.75, 3.05) is 13.2 Å². The molecule has 0 aromatic rings. The highest BCUT2D eigenvalue weighted by Gasteiger charge is 2.56. The molecule has 6 heteroatoms. The lowest BCUT2D eigenvalue weighted by molar-refractivity contribution is -0.158. The SMILES string of the molecule is CC12CCC(C(=O)OCCOC(=O)C3CCC4(C)S[C@H]4C3)CC1S2. The second-order valence-electron chi connectivity index (χ2n) is 8.12. The first-order valence-corrected chi connectivity index (χ1v) is 10.8. The van der Waals surface area contributed by atoms with Crippen LogP contribution in [0.3, 0.4) is 0 Å². The van der Waals surface area contributed by atoms with E-state index in [9.17, 15) is 9.59 Å². The average Bonchev–Trinajstić information content (AvgIpc) is 3.42. The number of carbonyl (C=O) groups is 2. The van der Waals surface area contributed by atoms with E-state index in [0.717, 1.165) is 38.5 Å². The number of thioether (sulfide) groups is 2. The fourth-order valence-electron chi connectivity index (χ4n) is 4.24. The van der Waals surface area contributed by atoms with Gasteiger partial charge in [0.2, 0.25) is 0 Å². The van der Waals surface area contributed by atoms with Gasteiger partial charge >= 0.3 is 11.9 Å². The summed E-state index contributed by atoms with van der Waals surface area (Å²) in [7, 11) is 0. The van der Waals surface area contributed by atoms with Gasteiger partial charge in [-0.25, -0.2) is 0 Å². The van der Waals surface area contributed by atoms with E-state index >= 15 is 0 Å². The van der Waals surface area contributed by atoms with Crippen LogP contribution < -0.4 is 0 Å². The maximum Gasteiger partial charge on any atom is 0.309 e. The van der Waals surface area contributed by atoms with Gasteiger partial charge in [-0.05, 0) is 52.4 Å². The zero-order valence-corrected chi connectivity index (χ0v) is 16.0. The van der Waals surface area contributed by atoms with E-state index in [1.165, 1.54) is 0 Å². The number of rotatable bonds is 5. The van der Waals surface area contributed by atoms with Crippen molar-refractivity contribution in [2.24, 2.45) is 11.8 Å². The summed E-state index contributed by atoms with van der Waals surface area (Å²) in [5.41, 5.74) is 0. The smallest absolute Gasteiger partial charge is 0.309 e. The van der Waals surface area contributed by atoms with E-state index in [-0.39, 0.29) is 37.0 Å². The van der Waals surface area contributed by atoms with Crippen LogP contribution in [-0.2, 0) is 19.1 Å². The lowest BCUT2D eigenvalue weighted by Crippen LogP contribution is -2.30. The van der Waals surface area contributed by atoms with Crippen molar-refractivity contribution in [1.82, 2.24) is 0 Å². The van der Waals surface area contributed by atoms with Crippen molar-refractivity contribution in [3.05, 3.63) is 0 Å². The van der Waals surface area contributed by atoms with Crippen LogP contribution in [0.15, 0.2) is 0 Å². The van der Waals surface area contributed by atoms with E-state index in [1.807, 2.05) is 23.5 Å². The molecule has 2 saturated heterocycles. The van der Waals surface area contributed by atoms with Gasteiger partial charge in [-0.3, -0.25) is 9.59 Å². The van der Waals surface area contributed by atoms with Crippen LogP contribution in [-0.4, -0.2) is 45.1 Å². The highest BCUT2D eigenvalue weighted by Crippen LogP contribution is 2.63. The fraction of sp³-hybridized carbons (Fsp3) is 0.889. The summed E-state index contributed by atoms with van der Waals surface area (Å²) in [5, 5.41) is 1.28. The van der Waals surface area contributed by atoms with E-state index in [4.69, 9.17) is 9.47 Å². The molecule has 0 radical (unpaired) electrons. The van der Waals surface area contributed by atoms with Gasteiger partial charge in [-0.15, -0.1) is 23.5 Å². The summed E-state index contributed by atoms with van der Waals surface area (Å²) in [4.78, 5) is 24.2. The Hall–Kier alpha value is -0.360. The summed E-state index contributed by atoms with van der Waals surface area (Å²) in [6.45, 7) is 4.96. The summed E-state index contributed by atoms with van der Waals surface area (Å²) < 4.78 is 11.5. The molecule has 6 atom stereocenters. The molecule has 0 aromatic carbocycles. The second kappa shape index (κ2) is 6.11. The molecule has 2 heterocycles. The Morgan fingerprint density at radius 3 is 1.67 bits per heavy atom. The average molecular weight is 371 g/mol. The molecule has 4 aliphatic rings. The molecule has 2 aliphatic carbocycles. The number of carbonyl (C=O) groups excluding carboxylic acids is 2. The summed E-state index contributed by atoms with van der Waals surface area (Å²) in [5.74, 6) is -0.139. The first kappa shape index (κ1) is 17.1. The number of hydrogen-bond donors (Lipinski definition) is 0. The van der Waals surface area contributed by atoms with Crippen molar-refractivity contribution < 1.29 is 19.1 Å². The molecule has 2 aliphatic heterocycles. The maximum absolute atomic E-state index is 12.1. The van der Waals surface area contributed by atoms with E-state index in [1.54, 1.807) is 0 Å². The normalized spacial score (nSPS) is 45.6. The van der Waals surface area contributed by atoms with Gasteiger partial charge in [0.15, 0.2) is 0 Å². The minimum atomic E-state index is -0.108. The van der Waals surface area contributed by atoms with E-state index in [0.29, 0.717) is 20.0 Å². The van der Waals surface area contributed by atoms with Gasteiger partial charge in [0.25, 0.3) is 0 Å². The van der Waals surface area contributed by atoms with Crippen LogP contribution in [0, 0.1) is 11.8 Å². The Kier molecular flexibility index (Phi) is 4.35. The lowest BCUT2D eigenvalue weighted by Gasteiger charge is -2.23. The predicted molar refractivity (Wildman–Crippen MR) is 96.2 cm³/mol. The Bertz CT molecular complexity index is 505. The van der Waals surface area contributed by atoms with Gasteiger partial charge in [-0.1, -0.05) is 0 Å². The Morgan fingerprint density at radius 2 is 1.29 bits per heavy atom. The molecule has 0 bridgehead atoms. The van der Waals surface area contributed by atoms with Crippen molar-refractivity contribution in [3.8, 4) is 0 Å². The lowest BCUT2D eigenvalue weighted by atomic mass is 9.83. The third-order valence-electron chi connectivity index (χ3n) is 6.28. The van der Waals surface area contributed by atoms with Gasteiger partial charge in [-0.2, -0.15) is 0 Å². The number of hydrogen-bond acceptors (Lipinski definition) is 6. The Labute approximate surface area is 152 Å². The van der Waals surface area contributed by atoms with Crippen LogP contribution in [0.4, 0.5) is 0 Å². The summed E-state index contributed by atoms with van der Waals surface area (Å²) in [6.07, 6.45) is 5.96. The molecule has 24 heavy (non-hydrogen) atoms. The standard InChI is InChI=1S/C18H26O4S2/c1-17-5-3-11(9-13(17)23-17)15(19)21-7-8-22-16(20)12-4-6-18(2)14(10-12)24-18/h11-14H,3-10H2,1-2H3/t11?,12?,13-,14?,17?,18?/m0/s1. The first-order chi connectivity index (χ1) is 11.4. The molecule has 0 N–H and O–H groups in total. The molecular weight excluding hydrogens is 344 g/mol. The van der Waals surface area contributed by atoms with Crippen LogP contribution in [0.1, 0.15) is 52.4 Å². The van der Waals surface area contributed by atoms with Crippen molar-refractivity contribution >= 4 is 35.5 Å². The van der Waals surface area contributed by atoms with Crippen molar-refractivity contribution in [1.29, 1.82) is 0 Å². The molecular formula is C18H26O4S2. The zero-order valence-electron chi connectivity index (χ0n) is 14.4. The quantitative estimate of drug-likeness (QED) is 0.420. The van der Waals surface area contributed by atoms with Gasteiger partial charge in [0.1, 0.15) is 13.2 Å². The molecule has 134 valence electrons. The highest BCUT2D eigenvalue weighted by molar-refractivity contribution is 8.08. The van der Waals surface area contributed by atoms with Crippen LogP contribution in [0.5, 0.6) is 0 Å². The molecule has 4 fully saturated rings. The van der Waals surface area contributed by atoms with Gasteiger partial charge in [0.05, 0.1) is 11.8 Å². The maximum atomic E-state index is 12.1. The molecule has 2 saturated carbocycles. The predicted octanol–water partition coefficient (Wildman–Crippen LogP) is 3.42. The van der Waals surface area contributed by atoms with E-state index in [2.05, 4.69) is 13.8 Å². The first-order valence-electron chi connectivity index (χ1n) is 9.08. The van der Waals surface area contributed by atoms with Crippen molar-refractivity contribution in [2.45, 2.75) is 72.4 Å². The Morgan fingerprint density at radius 1 is 0.875 bits per heavy atom. The number of fused-ring (bicyclic) bond motifs is 2. The fourth-order valence-corrected chi connectivity index (χ4v) is 6.96. The third-order valence-corrected chi connectivity index (χ3v) is 9.83. The van der Waals surface area contributed by atoms with Crippen LogP contribution in [0.2, 0.25) is 0 Å². The zero-order chi connectivity index (χ0) is 16.9. The molecule has 0 amide bonds. The second-order valence-corrected chi connectivity index (χ2v) is 11.6. The Balaban J connectivity index is 1.12. The van der Waals surface area contributed by atoms with Crippen LogP contribution in [0.25, 0.3) is 0 Å². The van der Waals surface area contributed by atoms with Gasteiger partial charge in [0, 0.05) is 20.0 Å². The monoisotopic (exact) mass is 370 g/mol. The molecule has 4 nitrogen and oxygen atoms in total. The molecule has 0 aromatic heterocycles. The minimum absolute atomic E-state index is 0.0386.